The number of anilines is 1. The fourth-order valence-electron chi connectivity index (χ4n) is 5.44. The van der Waals surface area contributed by atoms with Crippen molar-refractivity contribution in [3.8, 4) is 23.6 Å². The Bertz CT molecular complexity index is 1440. The van der Waals surface area contributed by atoms with E-state index in [1.807, 2.05) is 41.3 Å². The first kappa shape index (κ1) is 23.5. The Kier molecular flexibility index (Phi) is 5.92. The number of Topliss-reactive ketones (excluding diaryl/α,β-unsaturated/α-hetero) is 1. The van der Waals surface area contributed by atoms with Gasteiger partial charge >= 0.3 is 0 Å². The quantitative estimate of drug-likeness (QED) is 0.426. The van der Waals surface area contributed by atoms with Gasteiger partial charge in [0.1, 0.15) is 6.04 Å². The minimum absolute atomic E-state index is 0.200. The van der Waals surface area contributed by atoms with Crippen molar-refractivity contribution in [2.45, 2.75) is 18.0 Å². The smallest absolute Gasteiger partial charge is 0.185 e. The largest absolute Gasteiger partial charge is 0.493 e. The number of methoxy groups -OCH3 is 2. The lowest BCUT2D eigenvalue weighted by molar-refractivity contribution is 0.0951. The van der Waals surface area contributed by atoms with Gasteiger partial charge in [-0.15, -0.1) is 0 Å². The number of carbonyl (C=O) groups excluding carboxylic acids is 1. The molecule has 1 saturated heterocycles. The molecule has 0 aromatic heterocycles. The normalized spacial score (nSPS) is 21.0. The molecule has 7 heteroatoms. The summed E-state index contributed by atoms with van der Waals surface area (Å²) in [5, 5.41) is 21.6. The molecule has 0 radical (unpaired) electrons. The highest BCUT2D eigenvalue weighted by atomic mass is 35.5. The number of nitriles is 2. The van der Waals surface area contributed by atoms with Crippen LogP contribution in [0.4, 0.5) is 5.69 Å². The number of fused-ring (bicyclic) bond motifs is 3. The Morgan fingerprint density at radius 1 is 0.972 bits per heavy atom. The van der Waals surface area contributed by atoms with Crippen LogP contribution in [0.5, 0.6) is 11.5 Å². The molecule has 3 aromatic carbocycles. The second-order valence-electron chi connectivity index (χ2n) is 8.77. The molecule has 3 aromatic rings. The number of benzene rings is 3. The summed E-state index contributed by atoms with van der Waals surface area (Å²) < 4.78 is 10.9. The van der Waals surface area contributed by atoms with Crippen LogP contribution >= 0.6 is 11.6 Å². The fourth-order valence-corrected chi connectivity index (χ4v) is 5.57. The molecule has 0 aliphatic carbocycles. The summed E-state index contributed by atoms with van der Waals surface area (Å²) in [5.74, 6) is -0.00851. The summed E-state index contributed by atoms with van der Waals surface area (Å²) >= 11 is 6.09. The average molecular weight is 496 g/mol. The Labute approximate surface area is 214 Å². The maximum Gasteiger partial charge on any atom is 0.185 e. The molecule has 0 amide bonds. The number of para-hydroxylation sites is 1. The van der Waals surface area contributed by atoms with Crippen LogP contribution in [0.2, 0.25) is 5.02 Å². The molecule has 178 valence electrons. The van der Waals surface area contributed by atoms with E-state index in [0.29, 0.717) is 27.6 Å². The number of hydrogen-bond acceptors (Lipinski definition) is 6. The summed E-state index contributed by atoms with van der Waals surface area (Å²) in [6.45, 7) is 0. The second kappa shape index (κ2) is 9.07. The van der Waals surface area contributed by atoms with E-state index in [1.165, 1.54) is 14.2 Å². The summed E-state index contributed by atoms with van der Waals surface area (Å²) in [4.78, 5) is 16.2. The van der Waals surface area contributed by atoms with Crippen molar-refractivity contribution >= 4 is 29.1 Å². The number of ketones is 1. The molecule has 0 unspecified atom stereocenters. The van der Waals surface area contributed by atoms with Gasteiger partial charge < -0.3 is 14.4 Å². The van der Waals surface area contributed by atoms with Crippen LogP contribution in [0.3, 0.4) is 0 Å². The summed E-state index contributed by atoms with van der Waals surface area (Å²) in [5.41, 5.74) is 1.27. The number of halogens is 1. The summed E-state index contributed by atoms with van der Waals surface area (Å²) in [7, 11) is 3.06. The molecule has 0 saturated carbocycles. The van der Waals surface area contributed by atoms with Crippen LogP contribution in [0.1, 0.15) is 27.4 Å². The van der Waals surface area contributed by atoms with Gasteiger partial charge in [0.2, 0.25) is 0 Å². The van der Waals surface area contributed by atoms with Crippen molar-refractivity contribution in [1.29, 1.82) is 10.5 Å². The summed E-state index contributed by atoms with van der Waals surface area (Å²) in [6, 6.07) is 22.8. The fraction of sp³-hybridized carbons (Fsp3) is 0.207. The van der Waals surface area contributed by atoms with Crippen LogP contribution in [0.15, 0.2) is 72.8 Å². The van der Waals surface area contributed by atoms with Gasteiger partial charge in [0.25, 0.3) is 0 Å². The van der Waals surface area contributed by atoms with E-state index in [4.69, 9.17) is 21.1 Å². The van der Waals surface area contributed by atoms with Crippen LogP contribution < -0.4 is 14.4 Å². The van der Waals surface area contributed by atoms with Gasteiger partial charge in [-0.3, -0.25) is 4.79 Å². The van der Waals surface area contributed by atoms with Crippen molar-refractivity contribution in [3.05, 3.63) is 94.5 Å². The van der Waals surface area contributed by atoms with Crippen molar-refractivity contribution in [2.75, 3.05) is 19.1 Å². The number of rotatable bonds is 5. The molecule has 3 atom stereocenters. The van der Waals surface area contributed by atoms with E-state index < -0.39 is 23.4 Å². The van der Waals surface area contributed by atoms with Crippen LogP contribution in [-0.4, -0.2) is 32.1 Å². The van der Waals surface area contributed by atoms with Crippen molar-refractivity contribution < 1.29 is 14.3 Å². The Hall–Kier alpha value is -4.26. The molecule has 5 rings (SSSR count). The molecule has 6 nitrogen and oxygen atoms in total. The lowest BCUT2D eigenvalue weighted by atomic mass is 9.69. The predicted molar refractivity (Wildman–Crippen MR) is 137 cm³/mol. The highest BCUT2D eigenvalue weighted by Crippen LogP contribution is 2.56. The van der Waals surface area contributed by atoms with E-state index in [-0.39, 0.29) is 5.78 Å². The zero-order chi connectivity index (χ0) is 25.4. The van der Waals surface area contributed by atoms with Gasteiger partial charge in [0.15, 0.2) is 22.7 Å². The maximum absolute atomic E-state index is 14.2. The van der Waals surface area contributed by atoms with Crippen LogP contribution in [0.25, 0.3) is 6.08 Å². The van der Waals surface area contributed by atoms with Crippen molar-refractivity contribution in [3.63, 3.8) is 0 Å². The first-order valence-corrected chi connectivity index (χ1v) is 11.8. The standard InChI is InChI=1S/C29H22ClN3O3/c1-35-23-13-9-20(15-24(23)36-2)26-27(28(34)19-7-11-21(30)12-8-19)33-22-6-4-3-5-18(22)10-14-25(33)29(26,16-31)17-32/h3-15,25-27H,1-2H3/t25-,26-,27-/m1/s1. The van der Waals surface area contributed by atoms with Crippen LogP contribution in [0, 0.1) is 28.1 Å². The Morgan fingerprint density at radius 2 is 1.67 bits per heavy atom. The van der Waals surface area contributed by atoms with Gasteiger partial charge in [-0.2, -0.15) is 10.5 Å². The third-order valence-electron chi connectivity index (χ3n) is 7.08. The lowest BCUT2D eigenvalue weighted by Gasteiger charge is -2.35. The number of ether oxygens (including phenoxy) is 2. The minimum Gasteiger partial charge on any atom is -0.493 e. The SMILES string of the molecule is COc1ccc([C@@H]2[C@H](C(=O)c3ccc(Cl)cc3)N3c4ccccc4C=C[C@@H]3C2(C#N)C#N)cc1OC. The van der Waals surface area contributed by atoms with Gasteiger partial charge in [0.05, 0.1) is 32.4 Å². The monoisotopic (exact) mass is 495 g/mol. The zero-order valence-corrected chi connectivity index (χ0v) is 20.4. The molecule has 36 heavy (non-hydrogen) atoms. The minimum atomic E-state index is -1.55. The van der Waals surface area contributed by atoms with Gasteiger partial charge in [-0.05, 0) is 53.6 Å². The molecule has 2 aliphatic rings. The van der Waals surface area contributed by atoms with E-state index in [2.05, 4.69) is 12.1 Å². The topological polar surface area (TPSA) is 86.4 Å². The molecule has 1 fully saturated rings. The number of carbonyl (C=O) groups is 1. The molecular weight excluding hydrogens is 474 g/mol. The maximum atomic E-state index is 14.2. The highest BCUT2D eigenvalue weighted by Gasteiger charge is 2.63. The number of nitrogens with zero attached hydrogens (tertiary/aromatic N) is 3. The Balaban J connectivity index is 1.78. The molecule has 0 bridgehead atoms. The van der Waals surface area contributed by atoms with Crippen molar-refractivity contribution in [1.82, 2.24) is 0 Å². The molecule has 0 spiro atoms. The molecular formula is C29H22ClN3O3. The second-order valence-corrected chi connectivity index (χ2v) is 9.21. The number of hydrogen-bond donors (Lipinski definition) is 0. The highest BCUT2D eigenvalue weighted by molar-refractivity contribution is 6.30. The summed E-state index contributed by atoms with van der Waals surface area (Å²) in [6.07, 6.45) is 3.78. The van der Waals surface area contributed by atoms with Gasteiger partial charge in [-0.25, -0.2) is 0 Å². The average Bonchev–Trinajstić information content (AvgIpc) is 3.23. The van der Waals surface area contributed by atoms with E-state index in [9.17, 15) is 15.3 Å². The van der Waals surface area contributed by atoms with Gasteiger partial charge in [-0.1, -0.05) is 48.0 Å². The van der Waals surface area contributed by atoms with Crippen LogP contribution in [-0.2, 0) is 0 Å². The molecule has 2 heterocycles. The first-order valence-electron chi connectivity index (χ1n) is 11.4. The van der Waals surface area contributed by atoms with Gasteiger partial charge in [0, 0.05) is 22.2 Å². The zero-order valence-electron chi connectivity index (χ0n) is 19.7. The van der Waals surface area contributed by atoms with E-state index >= 15 is 0 Å². The molecule has 0 N–H and O–H groups in total. The van der Waals surface area contributed by atoms with Crippen molar-refractivity contribution in [2.24, 2.45) is 5.41 Å². The lowest BCUT2D eigenvalue weighted by Crippen LogP contribution is -2.44. The Morgan fingerprint density at radius 3 is 2.33 bits per heavy atom. The molecule has 2 aliphatic heterocycles. The third-order valence-corrected chi connectivity index (χ3v) is 7.33. The third kappa shape index (κ3) is 3.42. The van der Waals surface area contributed by atoms with E-state index in [0.717, 1.165) is 11.3 Å². The predicted octanol–water partition coefficient (Wildman–Crippen LogP) is 5.64. The first-order chi connectivity index (χ1) is 17.5. The van der Waals surface area contributed by atoms with E-state index in [1.54, 1.807) is 42.5 Å².